The first kappa shape index (κ1) is 18.4. The Kier molecular flexibility index (Phi) is 7.67. The minimum atomic E-state index is 0.181. The number of hydrogen-bond donors (Lipinski definition) is 2. The maximum atomic E-state index is 12.2. The van der Waals surface area contributed by atoms with Crippen LogP contribution in [0.3, 0.4) is 0 Å². The monoisotopic (exact) mass is 298 g/mol. The lowest BCUT2D eigenvalue weighted by atomic mass is 9.76. The molecule has 1 heterocycles. The number of amides is 1. The van der Waals surface area contributed by atoms with Gasteiger partial charge in [-0.25, -0.2) is 0 Å². The van der Waals surface area contributed by atoms with Crippen LogP contribution in [0.4, 0.5) is 0 Å². The highest BCUT2D eigenvalue weighted by Crippen LogP contribution is 2.32. The minimum absolute atomic E-state index is 0.181. The molecule has 0 bridgehead atoms. The lowest BCUT2D eigenvalue weighted by Crippen LogP contribution is -2.40. The first-order chi connectivity index (χ1) is 9.84. The van der Waals surface area contributed by atoms with Crippen molar-refractivity contribution in [1.29, 1.82) is 0 Å². The molecule has 1 aliphatic heterocycles. The molecule has 0 radical (unpaired) electrons. The topological polar surface area (TPSA) is 64.4 Å². The Morgan fingerprint density at radius 2 is 1.90 bits per heavy atom. The second kappa shape index (κ2) is 8.74. The van der Waals surface area contributed by atoms with Gasteiger partial charge in [-0.3, -0.25) is 4.79 Å². The van der Waals surface area contributed by atoms with Crippen LogP contribution >= 0.6 is 0 Å². The van der Waals surface area contributed by atoms with Crippen molar-refractivity contribution in [2.75, 3.05) is 19.8 Å². The van der Waals surface area contributed by atoms with E-state index in [1.807, 2.05) is 0 Å². The molecular formula is C17H34N2O2. The van der Waals surface area contributed by atoms with E-state index in [0.29, 0.717) is 24.8 Å². The summed E-state index contributed by atoms with van der Waals surface area (Å²) in [6.07, 6.45) is 4.63. The van der Waals surface area contributed by atoms with Crippen molar-refractivity contribution in [2.24, 2.45) is 23.0 Å². The molecule has 2 unspecified atom stereocenters. The molecule has 0 aromatic carbocycles. The van der Waals surface area contributed by atoms with E-state index >= 15 is 0 Å². The molecule has 21 heavy (non-hydrogen) atoms. The highest BCUT2D eigenvalue weighted by molar-refractivity contribution is 5.76. The van der Waals surface area contributed by atoms with Crippen LogP contribution in [0.2, 0.25) is 0 Å². The molecule has 3 N–H and O–H groups in total. The molecule has 2 atom stereocenters. The summed E-state index contributed by atoms with van der Waals surface area (Å²) in [6.45, 7) is 11.2. The molecule has 4 nitrogen and oxygen atoms in total. The Balaban J connectivity index is 2.34. The largest absolute Gasteiger partial charge is 0.381 e. The second-order valence-electron chi connectivity index (χ2n) is 7.48. The van der Waals surface area contributed by atoms with Crippen LogP contribution in [-0.4, -0.2) is 31.7 Å². The average molecular weight is 298 g/mol. The zero-order valence-corrected chi connectivity index (χ0v) is 14.3. The molecule has 0 saturated carbocycles. The van der Waals surface area contributed by atoms with Gasteiger partial charge in [0, 0.05) is 25.7 Å². The summed E-state index contributed by atoms with van der Waals surface area (Å²) in [5.41, 5.74) is 5.91. The number of ether oxygens (including phenoxy) is 1. The van der Waals surface area contributed by atoms with Crippen molar-refractivity contribution in [2.45, 2.75) is 65.8 Å². The molecule has 1 aliphatic rings. The van der Waals surface area contributed by atoms with Gasteiger partial charge in [-0.15, -0.1) is 0 Å². The molecular weight excluding hydrogens is 264 g/mol. The van der Waals surface area contributed by atoms with Gasteiger partial charge in [-0.2, -0.15) is 0 Å². The van der Waals surface area contributed by atoms with Crippen LogP contribution in [0.1, 0.15) is 59.8 Å². The molecule has 0 aromatic heterocycles. The van der Waals surface area contributed by atoms with E-state index in [1.165, 1.54) is 0 Å². The van der Waals surface area contributed by atoms with Gasteiger partial charge in [0.2, 0.25) is 5.91 Å². The van der Waals surface area contributed by atoms with Gasteiger partial charge < -0.3 is 15.8 Å². The zero-order chi connectivity index (χ0) is 15.9. The van der Waals surface area contributed by atoms with Crippen LogP contribution in [-0.2, 0) is 9.53 Å². The Morgan fingerprint density at radius 3 is 2.43 bits per heavy atom. The summed E-state index contributed by atoms with van der Waals surface area (Å²) in [4.78, 5) is 12.2. The Hall–Kier alpha value is -0.610. The summed E-state index contributed by atoms with van der Waals surface area (Å²) in [5, 5.41) is 3.17. The van der Waals surface area contributed by atoms with Gasteiger partial charge >= 0.3 is 0 Å². The van der Waals surface area contributed by atoms with Gasteiger partial charge in [0.1, 0.15) is 0 Å². The Bertz CT molecular complexity index is 306. The minimum Gasteiger partial charge on any atom is -0.381 e. The predicted molar refractivity (Wildman–Crippen MR) is 87.0 cm³/mol. The normalized spacial score (nSPS) is 20.0. The van der Waals surface area contributed by atoms with Crippen molar-refractivity contribution >= 4 is 5.91 Å². The van der Waals surface area contributed by atoms with Crippen molar-refractivity contribution in [1.82, 2.24) is 5.32 Å². The first-order valence-electron chi connectivity index (χ1n) is 8.41. The maximum absolute atomic E-state index is 12.2. The maximum Gasteiger partial charge on any atom is 0.220 e. The van der Waals surface area contributed by atoms with E-state index in [0.717, 1.165) is 38.9 Å². The lowest BCUT2D eigenvalue weighted by Gasteiger charge is -2.31. The third kappa shape index (κ3) is 6.79. The van der Waals surface area contributed by atoms with Crippen LogP contribution in [0.5, 0.6) is 0 Å². The van der Waals surface area contributed by atoms with Crippen LogP contribution in [0, 0.1) is 17.3 Å². The van der Waals surface area contributed by atoms with Gasteiger partial charge in [-0.1, -0.05) is 20.8 Å². The number of nitrogens with two attached hydrogens (primary N) is 1. The summed E-state index contributed by atoms with van der Waals surface area (Å²) in [7, 11) is 0. The summed E-state index contributed by atoms with van der Waals surface area (Å²) >= 11 is 0. The zero-order valence-electron chi connectivity index (χ0n) is 14.3. The van der Waals surface area contributed by atoms with Gasteiger partial charge in [0.25, 0.3) is 0 Å². The molecule has 1 amide bonds. The van der Waals surface area contributed by atoms with Gasteiger partial charge in [0.15, 0.2) is 0 Å². The SMILES string of the molecule is CC(NC(=O)CCC(CCN)C(C)(C)C)C1CCOCC1. The predicted octanol–water partition coefficient (Wildman–Crippen LogP) is 2.71. The fourth-order valence-corrected chi connectivity index (χ4v) is 3.18. The van der Waals surface area contributed by atoms with E-state index < -0.39 is 0 Å². The van der Waals surface area contributed by atoms with Crippen molar-refractivity contribution in [3.63, 3.8) is 0 Å². The van der Waals surface area contributed by atoms with E-state index in [9.17, 15) is 4.79 Å². The van der Waals surface area contributed by atoms with E-state index in [-0.39, 0.29) is 17.4 Å². The van der Waals surface area contributed by atoms with Gasteiger partial charge in [0.05, 0.1) is 0 Å². The van der Waals surface area contributed by atoms with E-state index in [2.05, 4.69) is 33.0 Å². The Labute approximate surface area is 130 Å². The summed E-state index contributed by atoms with van der Waals surface area (Å²) in [5.74, 6) is 1.25. The molecule has 0 aromatic rings. The molecule has 1 saturated heterocycles. The number of rotatable bonds is 7. The third-order valence-corrected chi connectivity index (χ3v) is 4.82. The molecule has 1 rings (SSSR count). The smallest absolute Gasteiger partial charge is 0.220 e. The van der Waals surface area contributed by atoms with Crippen LogP contribution < -0.4 is 11.1 Å². The number of hydrogen-bond acceptors (Lipinski definition) is 3. The molecule has 4 heteroatoms. The van der Waals surface area contributed by atoms with Crippen molar-refractivity contribution in [3.8, 4) is 0 Å². The fraction of sp³-hybridized carbons (Fsp3) is 0.941. The summed E-state index contributed by atoms with van der Waals surface area (Å²) in [6, 6.07) is 0.254. The third-order valence-electron chi connectivity index (χ3n) is 4.82. The molecule has 124 valence electrons. The molecule has 0 aliphatic carbocycles. The highest BCUT2D eigenvalue weighted by atomic mass is 16.5. The average Bonchev–Trinajstić information content (AvgIpc) is 2.43. The fourth-order valence-electron chi connectivity index (χ4n) is 3.18. The van der Waals surface area contributed by atoms with Gasteiger partial charge in [-0.05, 0) is 56.4 Å². The molecule has 1 fully saturated rings. The Morgan fingerprint density at radius 1 is 1.29 bits per heavy atom. The number of nitrogens with one attached hydrogen (secondary N) is 1. The van der Waals surface area contributed by atoms with E-state index in [1.54, 1.807) is 0 Å². The van der Waals surface area contributed by atoms with Crippen LogP contribution in [0.25, 0.3) is 0 Å². The van der Waals surface area contributed by atoms with Crippen molar-refractivity contribution < 1.29 is 9.53 Å². The highest BCUT2D eigenvalue weighted by Gasteiger charge is 2.25. The number of carbonyl (C=O) groups excluding carboxylic acids is 1. The van der Waals surface area contributed by atoms with Crippen molar-refractivity contribution in [3.05, 3.63) is 0 Å². The van der Waals surface area contributed by atoms with Crippen LogP contribution in [0.15, 0.2) is 0 Å². The lowest BCUT2D eigenvalue weighted by molar-refractivity contribution is -0.122. The first-order valence-corrected chi connectivity index (χ1v) is 8.41. The summed E-state index contributed by atoms with van der Waals surface area (Å²) < 4.78 is 5.37. The quantitative estimate of drug-likeness (QED) is 0.759. The van der Waals surface area contributed by atoms with E-state index in [4.69, 9.17) is 10.5 Å². The number of carbonyl (C=O) groups is 1. The molecule has 0 spiro atoms. The second-order valence-corrected chi connectivity index (χ2v) is 7.48. The standard InChI is InChI=1S/C17H34N2O2/c1-13(14-8-11-21-12-9-14)19-16(20)6-5-15(7-10-18)17(2,3)4/h13-15H,5-12,18H2,1-4H3,(H,19,20).